The Labute approximate surface area is 117 Å². The fraction of sp³-hybridized carbons (Fsp3) is 0. The lowest BCUT2D eigenvalue weighted by Gasteiger charge is -2.04. The number of anilines is 1. The topological polar surface area (TPSA) is 89.6 Å². The summed E-state index contributed by atoms with van der Waals surface area (Å²) in [4.78, 5) is 18.1. The molecule has 19 heavy (non-hydrogen) atoms. The molecule has 0 saturated heterocycles. The third kappa shape index (κ3) is 2.49. The summed E-state index contributed by atoms with van der Waals surface area (Å²) in [5.41, 5.74) is 9.15. The average Bonchev–Trinajstić information content (AvgIpc) is 2.91. The van der Waals surface area contributed by atoms with Gasteiger partial charge in [0.2, 0.25) is 0 Å². The molecule has 3 heterocycles. The molecule has 0 amide bonds. The van der Waals surface area contributed by atoms with Crippen LogP contribution in [0, 0.1) is 0 Å². The summed E-state index contributed by atoms with van der Waals surface area (Å²) in [6, 6.07) is 3.56. The fourth-order valence-electron chi connectivity index (χ4n) is 1.55. The molecule has 0 spiro atoms. The number of hydrogen-bond acceptors (Lipinski definition) is 6. The van der Waals surface area contributed by atoms with Gasteiger partial charge in [-0.2, -0.15) is 0 Å². The minimum atomic E-state index is 0.165. The lowest BCUT2D eigenvalue weighted by atomic mass is 10.3. The van der Waals surface area contributed by atoms with E-state index in [-0.39, 0.29) is 5.11 Å². The van der Waals surface area contributed by atoms with Crippen LogP contribution in [0.3, 0.4) is 0 Å². The van der Waals surface area contributed by atoms with E-state index >= 15 is 0 Å². The van der Waals surface area contributed by atoms with Gasteiger partial charge >= 0.3 is 0 Å². The molecular formula is C11H8N6S2. The Kier molecular flexibility index (Phi) is 3.02. The van der Waals surface area contributed by atoms with Crippen LogP contribution in [0.5, 0.6) is 0 Å². The summed E-state index contributed by atoms with van der Waals surface area (Å²) in [5.74, 6) is 0.552. The summed E-state index contributed by atoms with van der Waals surface area (Å²) in [7, 11) is 0. The van der Waals surface area contributed by atoms with E-state index in [1.807, 2.05) is 6.07 Å². The second-order valence-electron chi connectivity index (χ2n) is 3.65. The highest BCUT2D eigenvalue weighted by atomic mass is 32.1. The molecule has 8 heteroatoms. The van der Waals surface area contributed by atoms with Gasteiger partial charge in [0.1, 0.15) is 17.0 Å². The Morgan fingerprint density at radius 2 is 2.16 bits per heavy atom. The highest BCUT2D eigenvalue weighted by Gasteiger charge is 2.06. The van der Waals surface area contributed by atoms with Gasteiger partial charge < -0.3 is 11.1 Å². The predicted molar refractivity (Wildman–Crippen MR) is 78.8 cm³/mol. The van der Waals surface area contributed by atoms with Crippen LogP contribution in [0.1, 0.15) is 0 Å². The van der Waals surface area contributed by atoms with Crippen LogP contribution in [0.4, 0.5) is 5.82 Å². The minimum Gasteiger partial charge on any atom is -0.376 e. The van der Waals surface area contributed by atoms with E-state index in [0.29, 0.717) is 17.0 Å². The molecule has 0 radical (unpaired) electrons. The maximum absolute atomic E-state index is 5.41. The summed E-state index contributed by atoms with van der Waals surface area (Å²) >= 11 is 6.28. The van der Waals surface area contributed by atoms with Gasteiger partial charge in [-0.3, -0.25) is 9.97 Å². The van der Waals surface area contributed by atoms with Crippen LogP contribution in [-0.2, 0) is 0 Å². The normalized spacial score (nSPS) is 10.5. The van der Waals surface area contributed by atoms with Gasteiger partial charge in [-0.05, 0) is 24.4 Å². The van der Waals surface area contributed by atoms with Gasteiger partial charge in [-0.25, -0.2) is 9.97 Å². The van der Waals surface area contributed by atoms with Gasteiger partial charge in [0.15, 0.2) is 10.8 Å². The van der Waals surface area contributed by atoms with Gasteiger partial charge in [0.05, 0.1) is 16.6 Å². The first kappa shape index (κ1) is 11.9. The summed E-state index contributed by atoms with van der Waals surface area (Å²) in [5, 5.41) is 2.94. The zero-order valence-electron chi connectivity index (χ0n) is 9.57. The maximum atomic E-state index is 5.41. The number of fused-ring (bicyclic) bond motifs is 1. The first-order valence-electron chi connectivity index (χ1n) is 5.31. The van der Waals surface area contributed by atoms with Crippen LogP contribution in [0.15, 0.2) is 30.0 Å². The molecule has 3 N–H and O–H groups in total. The Bertz CT molecular complexity index is 740. The van der Waals surface area contributed by atoms with E-state index in [0.717, 1.165) is 10.6 Å². The second-order valence-corrected chi connectivity index (χ2v) is 4.98. The Hall–Kier alpha value is -2.19. The number of aromatic nitrogens is 4. The van der Waals surface area contributed by atoms with E-state index in [4.69, 9.17) is 18.0 Å². The third-order valence-corrected chi connectivity index (χ3v) is 3.24. The molecule has 0 saturated carbocycles. The molecule has 3 aromatic rings. The van der Waals surface area contributed by atoms with Crippen LogP contribution in [0.25, 0.3) is 21.7 Å². The number of pyridine rings is 1. The van der Waals surface area contributed by atoms with Crippen molar-refractivity contribution in [1.82, 2.24) is 19.9 Å². The van der Waals surface area contributed by atoms with Crippen molar-refractivity contribution in [2.75, 3.05) is 5.32 Å². The zero-order chi connectivity index (χ0) is 13.2. The number of nitrogens with zero attached hydrogens (tertiary/aromatic N) is 4. The summed E-state index contributed by atoms with van der Waals surface area (Å²) in [6.07, 6.45) is 3.45. The Morgan fingerprint density at radius 1 is 1.26 bits per heavy atom. The predicted octanol–water partition coefficient (Wildman–Crippen LogP) is 1.80. The quantitative estimate of drug-likeness (QED) is 0.695. The van der Waals surface area contributed by atoms with Gasteiger partial charge in [0.25, 0.3) is 0 Å². The molecule has 0 unspecified atom stereocenters. The number of nitrogens with two attached hydrogens (primary N) is 1. The molecule has 3 rings (SSSR count). The molecule has 0 fully saturated rings. The first-order chi connectivity index (χ1) is 9.22. The molecule has 0 aliphatic carbocycles. The smallest absolute Gasteiger partial charge is 0.180 e. The van der Waals surface area contributed by atoms with Crippen LogP contribution in [-0.4, -0.2) is 25.0 Å². The van der Waals surface area contributed by atoms with E-state index in [2.05, 4.69) is 25.3 Å². The SMILES string of the molecule is NC(=S)Nc1ccc2ncc(-c3cncs3)nc2n1. The van der Waals surface area contributed by atoms with Crippen LogP contribution < -0.4 is 11.1 Å². The van der Waals surface area contributed by atoms with Crippen molar-refractivity contribution in [2.24, 2.45) is 5.73 Å². The van der Waals surface area contributed by atoms with Gasteiger partial charge in [-0.1, -0.05) is 0 Å². The number of thiazole rings is 1. The van der Waals surface area contributed by atoms with Crippen molar-refractivity contribution in [3.63, 3.8) is 0 Å². The third-order valence-electron chi connectivity index (χ3n) is 2.34. The molecule has 0 aliphatic heterocycles. The average molecular weight is 288 g/mol. The Morgan fingerprint density at radius 3 is 2.89 bits per heavy atom. The minimum absolute atomic E-state index is 0.165. The summed E-state index contributed by atoms with van der Waals surface area (Å²) in [6.45, 7) is 0. The first-order valence-corrected chi connectivity index (χ1v) is 6.60. The molecule has 94 valence electrons. The largest absolute Gasteiger partial charge is 0.376 e. The number of nitrogens with one attached hydrogen (secondary N) is 1. The Balaban J connectivity index is 2.07. The van der Waals surface area contributed by atoms with Crippen molar-refractivity contribution >= 4 is 45.6 Å². The number of thiocarbonyl (C=S) groups is 1. The number of rotatable bonds is 2. The van der Waals surface area contributed by atoms with Gasteiger partial charge in [-0.15, -0.1) is 11.3 Å². The van der Waals surface area contributed by atoms with E-state index in [1.165, 1.54) is 11.3 Å². The second kappa shape index (κ2) is 4.82. The lowest BCUT2D eigenvalue weighted by molar-refractivity contribution is 1.23. The highest BCUT2D eigenvalue weighted by Crippen LogP contribution is 2.22. The molecule has 0 bridgehead atoms. The van der Waals surface area contributed by atoms with Crippen LogP contribution in [0.2, 0.25) is 0 Å². The standard InChI is InChI=1S/C11H8N6S2/c12-11(18)17-9-2-1-6-10(16-9)15-7(3-14-6)8-4-13-5-19-8/h1-5H,(H3,12,15,16,17,18). The molecule has 0 aromatic carbocycles. The van der Waals surface area contributed by atoms with E-state index in [1.54, 1.807) is 24.0 Å². The molecule has 0 atom stereocenters. The molecule has 3 aromatic heterocycles. The monoisotopic (exact) mass is 288 g/mol. The van der Waals surface area contributed by atoms with Crippen LogP contribution >= 0.6 is 23.6 Å². The van der Waals surface area contributed by atoms with E-state index < -0.39 is 0 Å². The van der Waals surface area contributed by atoms with Crippen molar-refractivity contribution < 1.29 is 0 Å². The van der Waals surface area contributed by atoms with E-state index in [9.17, 15) is 0 Å². The zero-order valence-corrected chi connectivity index (χ0v) is 11.2. The summed E-state index contributed by atoms with van der Waals surface area (Å²) < 4.78 is 0. The molecular weight excluding hydrogens is 280 g/mol. The van der Waals surface area contributed by atoms with Crippen molar-refractivity contribution in [3.8, 4) is 10.6 Å². The fourth-order valence-corrected chi connectivity index (χ4v) is 2.24. The molecule has 6 nitrogen and oxygen atoms in total. The highest BCUT2D eigenvalue weighted by molar-refractivity contribution is 7.80. The van der Waals surface area contributed by atoms with Gasteiger partial charge in [0, 0.05) is 6.20 Å². The van der Waals surface area contributed by atoms with Crippen molar-refractivity contribution in [1.29, 1.82) is 0 Å². The number of hydrogen-bond donors (Lipinski definition) is 2. The maximum Gasteiger partial charge on any atom is 0.180 e. The molecule has 0 aliphatic rings. The lowest BCUT2D eigenvalue weighted by Crippen LogP contribution is -2.19. The van der Waals surface area contributed by atoms with Crippen molar-refractivity contribution in [3.05, 3.63) is 30.0 Å². The van der Waals surface area contributed by atoms with Crippen molar-refractivity contribution in [2.45, 2.75) is 0 Å².